The molecule has 8 heteroatoms. The van der Waals surface area contributed by atoms with Crippen LogP contribution in [0.2, 0.25) is 0 Å². The van der Waals surface area contributed by atoms with Crippen LogP contribution in [-0.2, 0) is 26.0 Å². The summed E-state index contributed by atoms with van der Waals surface area (Å²) in [5.41, 5.74) is 1.45. The second kappa shape index (κ2) is 6.04. The molecule has 1 aliphatic heterocycles. The fraction of sp³-hybridized carbons (Fsp3) is 0.429. The van der Waals surface area contributed by atoms with Gasteiger partial charge in [0.2, 0.25) is 11.8 Å². The van der Waals surface area contributed by atoms with Crippen LogP contribution in [0.3, 0.4) is 0 Å². The number of carbonyl (C=O) groups is 2. The number of halogens is 1. The number of benzene rings is 1. The Morgan fingerprint density at radius 3 is 2.73 bits per heavy atom. The summed E-state index contributed by atoms with van der Waals surface area (Å²) >= 11 is 0. The highest BCUT2D eigenvalue weighted by Gasteiger charge is 2.35. The van der Waals surface area contributed by atoms with Gasteiger partial charge in [-0.15, -0.1) is 0 Å². The lowest BCUT2D eigenvalue weighted by atomic mass is 10.1. The molecule has 1 aliphatic rings. The molecule has 0 spiro atoms. The van der Waals surface area contributed by atoms with Gasteiger partial charge in [-0.2, -0.15) is 0 Å². The van der Waals surface area contributed by atoms with E-state index < -0.39 is 39.2 Å². The number of likely N-dealkylation sites (N-methyl/N-ethyl adjacent to an activating group) is 1. The average molecular weight is 328 g/mol. The third-order valence-corrected chi connectivity index (χ3v) is 5.04. The maximum Gasteiger partial charge on any atom is 0.246 e. The Bertz CT molecular complexity index is 718. The van der Waals surface area contributed by atoms with Crippen molar-refractivity contribution in [3.8, 4) is 0 Å². The first-order chi connectivity index (χ1) is 10.2. The molecular formula is C14H17FN2O4S. The standard InChI is InChI=1S/C14H17FN2O4S/c1-9-5-11(15)4-3-10(9)6-17(2)14(19)12-7-22(20,21)8-13(18)16-12/h3-5,12H,6-8H2,1-2H3,(H,16,18)/t12-/m0/s1. The SMILES string of the molecule is Cc1cc(F)ccc1CN(C)C(=O)[C@@H]1CS(=O)(=O)CC(=O)N1. The Kier molecular flexibility index (Phi) is 4.50. The van der Waals surface area contributed by atoms with E-state index in [1.807, 2.05) is 0 Å². The van der Waals surface area contributed by atoms with Crippen molar-refractivity contribution in [2.75, 3.05) is 18.6 Å². The van der Waals surface area contributed by atoms with E-state index in [4.69, 9.17) is 0 Å². The van der Waals surface area contributed by atoms with E-state index in [2.05, 4.69) is 5.32 Å². The van der Waals surface area contributed by atoms with Crippen molar-refractivity contribution in [2.45, 2.75) is 19.5 Å². The van der Waals surface area contributed by atoms with Crippen LogP contribution in [0.1, 0.15) is 11.1 Å². The van der Waals surface area contributed by atoms with Crippen molar-refractivity contribution in [2.24, 2.45) is 0 Å². The first-order valence-corrected chi connectivity index (χ1v) is 8.50. The zero-order valence-corrected chi connectivity index (χ0v) is 13.1. The van der Waals surface area contributed by atoms with E-state index in [1.54, 1.807) is 13.0 Å². The van der Waals surface area contributed by atoms with Crippen LogP contribution >= 0.6 is 0 Å². The summed E-state index contributed by atoms with van der Waals surface area (Å²) in [4.78, 5) is 25.0. The highest BCUT2D eigenvalue weighted by molar-refractivity contribution is 7.92. The molecule has 1 atom stereocenters. The fourth-order valence-electron chi connectivity index (χ4n) is 2.36. The molecule has 1 N–H and O–H groups in total. The molecule has 120 valence electrons. The van der Waals surface area contributed by atoms with E-state index in [1.165, 1.54) is 24.1 Å². The molecule has 1 aromatic rings. The Morgan fingerprint density at radius 2 is 2.14 bits per heavy atom. The zero-order valence-electron chi connectivity index (χ0n) is 12.3. The topological polar surface area (TPSA) is 83.6 Å². The molecule has 2 rings (SSSR count). The van der Waals surface area contributed by atoms with Gasteiger partial charge in [-0.1, -0.05) is 6.07 Å². The van der Waals surface area contributed by atoms with E-state index in [9.17, 15) is 22.4 Å². The maximum atomic E-state index is 13.1. The van der Waals surface area contributed by atoms with Gasteiger partial charge >= 0.3 is 0 Å². The molecule has 0 radical (unpaired) electrons. The predicted molar refractivity (Wildman–Crippen MR) is 78.2 cm³/mol. The van der Waals surface area contributed by atoms with E-state index >= 15 is 0 Å². The Morgan fingerprint density at radius 1 is 1.45 bits per heavy atom. The minimum atomic E-state index is -3.56. The molecule has 1 heterocycles. The quantitative estimate of drug-likeness (QED) is 0.847. The molecule has 1 aromatic carbocycles. The summed E-state index contributed by atoms with van der Waals surface area (Å²) in [6, 6.07) is 3.16. The molecule has 2 amide bonds. The number of rotatable bonds is 3. The molecule has 0 bridgehead atoms. The van der Waals surface area contributed by atoms with Gasteiger partial charge in [0.15, 0.2) is 9.84 Å². The van der Waals surface area contributed by atoms with Crippen molar-refractivity contribution in [1.29, 1.82) is 0 Å². The molecule has 1 fully saturated rings. The molecule has 0 aliphatic carbocycles. The van der Waals surface area contributed by atoms with Gasteiger partial charge in [0.05, 0.1) is 5.75 Å². The minimum Gasteiger partial charge on any atom is -0.342 e. The average Bonchev–Trinajstić information content (AvgIpc) is 2.38. The van der Waals surface area contributed by atoms with E-state index in [0.717, 1.165) is 5.56 Å². The number of nitrogens with one attached hydrogen (secondary N) is 1. The summed E-state index contributed by atoms with van der Waals surface area (Å²) in [5.74, 6) is -2.50. The van der Waals surface area contributed by atoms with Crippen LogP contribution in [0.4, 0.5) is 4.39 Å². The monoisotopic (exact) mass is 328 g/mol. The fourth-order valence-corrected chi connectivity index (χ4v) is 3.69. The van der Waals surface area contributed by atoms with Crippen LogP contribution in [0, 0.1) is 12.7 Å². The smallest absolute Gasteiger partial charge is 0.246 e. The first kappa shape index (κ1) is 16.4. The normalized spacial score (nSPS) is 20.3. The summed E-state index contributed by atoms with van der Waals surface area (Å²) in [6.07, 6.45) is 0. The molecule has 6 nitrogen and oxygen atoms in total. The molecule has 1 saturated heterocycles. The van der Waals surface area contributed by atoms with Crippen LogP contribution in [-0.4, -0.2) is 49.7 Å². The number of carbonyl (C=O) groups excluding carboxylic acids is 2. The number of aryl methyl sites for hydroxylation is 1. The lowest BCUT2D eigenvalue weighted by molar-refractivity contribution is -0.135. The van der Waals surface area contributed by atoms with Crippen molar-refractivity contribution in [3.63, 3.8) is 0 Å². The Balaban J connectivity index is 2.10. The highest BCUT2D eigenvalue weighted by atomic mass is 32.2. The second-order valence-corrected chi connectivity index (χ2v) is 7.55. The highest BCUT2D eigenvalue weighted by Crippen LogP contribution is 2.13. The molecular weight excluding hydrogens is 311 g/mol. The Hall–Kier alpha value is -1.96. The summed E-state index contributed by atoms with van der Waals surface area (Å²) in [5, 5.41) is 2.39. The molecule has 0 saturated carbocycles. The second-order valence-electron chi connectivity index (χ2n) is 5.44. The summed E-state index contributed by atoms with van der Waals surface area (Å²) in [7, 11) is -2.04. The van der Waals surface area contributed by atoms with Gasteiger partial charge in [0.1, 0.15) is 17.6 Å². The third kappa shape index (κ3) is 3.82. The number of sulfone groups is 1. The molecule has 22 heavy (non-hydrogen) atoms. The van der Waals surface area contributed by atoms with Crippen molar-refractivity contribution < 1.29 is 22.4 Å². The zero-order chi connectivity index (χ0) is 16.5. The van der Waals surface area contributed by atoms with Gasteiger partial charge in [0, 0.05) is 13.6 Å². The number of amides is 2. The van der Waals surface area contributed by atoms with Gasteiger partial charge in [-0.3, -0.25) is 9.59 Å². The number of nitrogens with zero attached hydrogens (tertiary/aromatic N) is 1. The van der Waals surface area contributed by atoms with Crippen molar-refractivity contribution >= 4 is 21.7 Å². The third-order valence-electron chi connectivity index (χ3n) is 3.49. The van der Waals surface area contributed by atoms with Gasteiger partial charge in [-0.25, -0.2) is 12.8 Å². The lowest BCUT2D eigenvalue weighted by Gasteiger charge is -2.27. The van der Waals surface area contributed by atoms with Crippen LogP contribution in [0.15, 0.2) is 18.2 Å². The predicted octanol–water partition coefficient (Wildman–Crippen LogP) is 0.00572. The van der Waals surface area contributed by atoms with Gasteiger partial charge in [-0.05, 0) is 30.2 Å². The summed E-state index contributed by atoms with van der Waals surface area (Å²) < 4.78 is 36.2. The van der Waals surface area contributed by atoms with Crippen LogP contribution < -0.4 is 5.32 Å². The van der Waals surface area contributed by atoms with Crippen LogP contribution in [0.5, 0.6) is 0 Å². The van der Waals surface area contributed by atoms with Gasteiger partial charge in [0.25, 0.3) is 0 Å². The maximum absolute atomic E-state index is 13.1. The van der Waals surface area contributed by atoms with E-state index in [0.29, 0.717) is 5.56 Å². The number of hydrogen-bond donors (Lipinski definition) is 1. The largest absolute Gasteiger partial charge is 0.342 e. The molecule has 0 unspecified atom stereocenters. The lowest BCUT2D eigenvalue weighted by Crippen LogP contribution is -2.56. The molecule has 0 aromatic heterocycles. The van der Waals surface area contributed by atoms with Gasteiger partial charge < -0.3 is 10.2 Å². The van der Waals surface area contributed by atoms with Crippen LogP contribution in [0.25, 0.3) is 0 Å². The van der Waals surface area contributed by atoms with E-state index in [-0.39, 0.29) is 12.4 Å². The minimum absolute atomic E-state index is 0.206. The number of hydrogen-bond acceptors (Lipinski definition) is 4. The Labute approximate surface area is 128 Å². The van der Waals surface area contributed by atoms with Crippen molar-refractivity contribution in [1.82, 2.24) is 10.2 Å². The first-order valence-electron chi connectivity index (χ1n) is 6.68. The van der Waals surface area contributed by atoms with Crippen molar-refractivity contribution in [3.05, 3.63) is 35.1 Å². The summed E-state index contributed by atoms with van der Waals surface area (Å²) in [6.45, 7) is 1.93.